The van der Waals surface area contributed by atoms with Crippen molar-refractivity contribution in [2.24, 2.45) is 0 Å². The molecule has 4 rings (SSSR count). The summed E-state index contributed by atoms with van der Waals surface area (Å²) in [5, 5.41) is 5.84. The van der Waals surface area contributed by atoms with Gasteiger partial charge < -0.3 is 21.1 Å². The van der Waals surface area contributed by atoms with Crippen LogP contribution >= 0.6 is 0 Å². The van der Waals surface area contributed by atoms with Crippen LogP contribution in [-0.4, -0.2) is 27.6 Å². The van der Waals surface area contributed by atoms with E-state index in [0.29, 0.717) is 35.7 Å². The predicted octanol–water partition coefficient (Wildman–Crippen LogP) is 2.09. The van der Waals surface area contributed by atoms with Crippen LogP contribution in [0.1, 0.15) is 35.0 Å². The first-order chi connectivity index (χ1) is 15.9. The highest BCUT2D eigenvalue weighted by molar-refractivity contribution is 5.81. The number of carbonyl (C=O) groups excluding carboxylic acids is 1. The minimum atomic E-state index is -0.632. The number of hydrogen-bond acceptors (Lipinski definition) is 7. The first-order valence-electron chi connectivity index (χ1n) is 10.5. The van der Waals surface area contributed by atoms with Gasteiger partial charge in [0.1, 0.15) is 23.4 Å². The van der Waals surface area contributed by atoms with Crippen LogP contribution in [0.3, 0.4) is 0 Å². The lowest BCUT2D eigenvalue weighted by Gasteiger charge is -2.16. The molecule has 1 aliphatic rings. The molecule has 10 heteroatoms. The van der Waals surface area contributed by atoms with E-state index in [-0.39, 0.29) is 30.4 Å². The minimum absolute atomic E-state index is 0.0975. The molecule has 2 aromatic heterocycles. The maximum Gasteiger partial charge on any atom is 0.294 e. The van der Waals surface area contributed by atoms with Crippen molar-refractivity contribution >= 4 is 17.5 Å². The standard InChI is InChI=1S/C23H25FN6O3/c1-13-15(3-6-20(25)29-13)11-28-22(31)19-5-4-17-12-27-21(23(32)30(17)19)26-10-14-7-16(24)9-18(8-14)33-2/h3,6-9,12,19H,4-5,10-11H2,1-2H3,(H2,25,29)(H,26,27)(H,28,31)/t19-/m0/s1. The number of pyridine rings is 1. The topological polar surface area (TPSA) is 124 Å². The number of aromatic nitrogens is 3. The molecular formula is C23H25FN6O3. The van der Waals surface area contributed by atoms with Crippen LogP contribution in [0, 0.1) is 12.7 Å². The molecule has 4 N–H and O–H groups in total. The number of halogens is 1. The molecule has 1 aromatic carbocycles. The van der Waals surface area contributed by atoms with Gasteiger partial charge in [-0.1, -0.05) is 6.07 Å². The van der Waals surface area contributed by atoms with E-state index in [4.69, 9.17) is 10.5 Å². The van der Waals surface area contributed by atoms with Crippen molar-refractivity contribution in [3.05, 3.63) is 75.2 Å². The molecule has 172 valence electrons. The van der Waals surface area contributed by atoms with E-state index in [1.165, 1.54) is 23.8 Å². The lowest BCUT2D eigenvalue weighted by Crippen LogP contribution is -2.36. The number of amides is 1. The van der Waals surface area contributed by atoms with E-state index >= 15 is 0 Å². The fourth-order valence-corrected chi connectivity index (χ4v) is 3.93. The van der Waals surface area contributed by atoms with Crippen molar-refractivity contribution in [1.29, 1.82) is 0 Å². The number of anilines is 2. The Kier molecular flexibility index (Phi) is 6.25. The third kappa shape index (κ3) is 4.79. The van der Waals surface area contributed by atoms with Crippen LogP contribution in [-0.2, 0) is 24.3 Å². The molecule has 3 heterocycles. The number of nitrogens with two attached hydrogens (primary N) is 1. The number of fused-ring (bicyclic) bond motifs is 1. The maximum absolute atomic E-state index is 13.7. The van der Waals surface area contributed by atoms with Gasteiger partial charge in [-0.25, -0.2) is 14.4 Å². The van der Waals surface area contributed by atoms with Gasteiger partial charge in [0.15, 0.2) is 5.82 Å². The summed E-state index contributed by atoms with van der Waals surface area (Å²) in [6.07, 6.45) is 2.67. The lowest BCUT2D eigenvalue weighted by molar-refractivity contribution is -0.124. The minimum Gasteiger partial charge on any atom is -0.497 e. The molecule has 0 fully saturated rings. The van der Waals surface area contributed by atoms with Crippen molar-refractivity contribution in [2.75, 3.05) is 18.2 Å². The number of nitrogen functional groups attached to an aromatic ring is 1. The van der Waals surface area contributed by atoms with E-state index in [1.807, 2.05) is 13.0 Å². The second kappa shape index (κ2) is 9.27. The number of hydrogen-bond donors (Lipinski definition) is 3. The van der Waals surface area contributed by atoms with Crippen molar-refractivity contribution in [2.45, 2.75) is 38.9 Å². The zero-order chi connectivity index (χ0) is 23.5. The number of methoxy groups -OCH3 is 1. The van der Waals surface area contributed by atoms with Gasteiger partial charge in [-0.2, -0.15) is 0 Å². The van der Waals surface area contributed by atoms with Gasteiger partial charge in [-0.3, -0.25) is 14.2 Å². The van der Waals surface area contributed by atoms with Gasteiger partial charge in [0.05, 0.1) is 7.11 Å². The van der Waals surface area contributed by atoms with Crippen LogP contribution in [0.4, 0.5) is 16.0 Å². The molecule has 0 aliphatic carbocycles. The molecule has 0 unspecified atom stereocenters. The molecule has 1 amide bonds. The van der Waals surface area contributed by atoms with Crippen LogP contribution in [0.2, 0.25) is 0 Å². The summed E-state index contributed by atoms with van der Waals surface area (Å²) in [5.41, 5.74) is 8.17. The molecule has 0 radical (unpaired) electrons. The third-order valence-corrected chi connectivity index (χ3v) is 5.66. The number of benzene rings is 1. The second-order valence-electron chi connectivity index (χ2n) is 7.88. The second-order valence-corrected chi connectivity index (χ2v) is 7.88. The fourth-order valence-electron chi connectivity index (χ4n) is 3.93. The average Bonchev–Trinajstić information content (AvgIpc) is 3.22. The van der Waals surface area contributed by atoms with Gasteiger partial charge in [-0.15, -0.1) is 0 Å². The van der Waals surface area contributed by atoms with Crippen LogP contribution in [0.15, 0.2) is 41.3 Å². The van der Waals surface area contributed by atoms with Gasteiger partial charge in [0.25, 0.3) is 5.56 Å². The Morgan fingerprint density at radius 1 is 1.30 bits per heavy atom. The molecular weight excluding hydrogens is 427 g/mol. The zero-order valence-corrected chi connectivity index (χ0v) is 18.4. The van der Waals surface area contributed by atoms with Crippen molar-refractivity contribution in [1.82, 2.24) is 19.9 Å². The quantitative estimate of drug-likeness (QED) is 0.501. The van der Waals surface area contributed by atoms with Gasteiger partial charge in [0.2, 0.25) is 5.91 Å². The summed E-state index contributed by atoms with van der Waals surface area (Å²) in [4.78, 5) is 34.4. The Morgan fingerprint density at radius 3 is 2.88 bits per heavy atom. The van der Waals surface area contributed by atoms with E-state index in [0.717, 1.165) is 11.3 Å². The molecule has 0 saturated heterocycles. The largest absolute Gasteiger partial charge is 0.497 e. The molecule has 0 saturated carbocycles. The molecule has 33 heavy (non-hydrogen) atoms. The summed E-state index contributed by atoms with van der Waals surface area (Å²) < 4.78 is 20.3. The Labute approximate surface area is 189 Å². The first-order valence-corrected chi connectivity index (χ1v) is 10.5. The van der Waals surface area contributed by atoms with E-state index in [1.54, 1.807) is 18.3 Å². The number of nitrogens with one attached hydrogen (secondary N) is 2. The van der Waals surface area contributed by atoms with Crippen LogP contribution in [0.25, 0.3) is 0 Å². The van der Waals surface area contributed by atoms with E-state index < -0.39 is 11.9 Å². The Hall–Kier alpha value is -3.95. The predicted molar refractivity (Wildman–Crippen MR) is 121 cm³/mol. The monoisotopic (exact) mass is 452 g/mol. The summed E-state index contributed by atoms with van der Waals surface area (Å²) >= 11 is 0. The number of aryl methyl sites for hydroxylation is 2. The van der Waals surface area contributed by atoms with E-state index in [2.05, 4.69) is 20.6 Å². The molecule has 9 nitrogen and oxygen atoms in total. The highest BCUT2D eigenvalue weighted by atomic mass is 19.1. The lowest BCUT2D eigenvalue weighted by atomic mass is 10.1. The molecule has 0 bridgehead atoms. The van der Waals surface area contributed by atoms with Crippen molar-refractivity contribution in [3.8, 4) is 5.75 Å². The zero-order valence-electron chi connectivity index (χ0n) is 18.4. The highest BCUT2D eigenvalue weighted by Crippen LogP contribution is 2.24. The Balaban J connectivity index is 1.48. The summed E-state index contributed by atoms with van der Waals surface area (Å²) in [7, 11) is 1.46. The van der Waals surface area contributed by atoms with E-state index in [9.17, 15) is 14.0 Å². The summed E-state index contributed by atoms with van der Waals surface area (Å²) in [6, 6.07) is 7.17. The number of carbonyl (C=O) groups is 1. The Bertz CT molecular complexity index is 1260. The summed E-state index contributed by atoms with van der Waals surface area (Å²) in [6.45, 7) is 2.29. The number of rotatable bonds is 7. The van der Waals surface area contributed by atoms with Crippen molar-refractivity contribution < 1.29 is 13.9 Å². The molecule has 1 atom stereocenters. The van der Waals surface area contributed by atoms with Gasteiger partial charge >= 0.3 is 0 Å². The highest BCUT2D eigenvalue weighted by Gasteiger charge is 2.30. The Morgan fingerprint density at radius 2 is 2.12 bits per heavy atom. The van der Waals surface area contributed by atoms with Crippen molar-refractivity contribution in [3.63, 3.8) is 0 Å². The number of ether oxygens (including phenoxy) is 1. The smallest absolute Gasteiger partial charge is 0.294 e. The first kappa shape index (κ1) is 22.3. The number of nitrogens with zero attached hydrogens (tertiary/aromatic N) is 3. The molecule has 1 aliphatic heterocycles. The van der Waals surface area contributed by atoms with Crippen LogP contribution < -0.4 is 26.7 Å². The van der Waals surface area contributed by atoms with Gasteiger partial charge in [0, 0.05) is 36.7 Å². The SMILES string of the molecule is COc1cc(F)cc(CNc2ncc3n(c2=O)[C@H](C(=O)NCc2ccc(N)nc2C)CC3)c1. The fraction of sp³-hybridized carbons (Fsp3) is 0.304. The summed E-state index contributed by atoms with van der Waals surface area (Å²) in [5.74, 6) is 0.212. The third-order valence-electron chi connectivity index (χ3n) is 5.66. The van der Waals surface area contributed by atoms with Gasteiger partial charge in [-0.05, 0) is 49.1 Å². The molecule has 3 aromatic rings. The normalized spacial score (nSPS) is 14.6. The maximum atomic E-state index is 13.7. The molecule has 0 spiro atoms. The van der Waals surface area contributed by atoms with Crippen LogP contribution in [0.5, 0.6) is 5.75 Å². The average molecular weight is 452 g/mol.